The lowest BCUT2D eigenvalue weighted by Gasteiger charge is -2.26. The Kier molecular flexibility index (Phi) is 7.54. The Balaban J connectivity index is 1.67. The van der Waals surface area contributed by atoms with E-state index in [4.69, 9.17) is 4.74 Å². The van der Waals surface area contributed by atoms with Gasteiger partial charge in [-0.3, -0.25) is 9.69 Å². The van der Waals surface area contributed by atoms with Gasteiger partial charge in [-0.2, -0.15) is 0 Å². The predicted octanol–water partition coefficient (Wildman–Crippen LogP) is 5.60. The van der Waals surface area contributed by atoms with Crippen LogP contribution in [0.5, 0.6) is 5.75 Å². The van der Waals surface area contributed by atoms with Gasteiger partial charge in [0.1, 0.15) is 5.75 Å². The molecule has 1 aliphatic heterocycles. The van der Waals surface area contributed by atoms with Gasteiger partial charge in [-0.15, -0.1) is 0 Å². The van der Waals surface area contributed by atoms with E-state index in [1.807, 2.05) is 19.1 Å². The molecule has 4 nitrogen and oxygen atoms in total. The van der Waals surface area contributed by atoms with Crippen molar-refractivity contribution in [2.24, 2.45) is 0 Å². The third-order valence-corrected chi connectivity index (χ3v) is 6.13. The van der Waals surface area contributed by atoms with Gasteiger partial charge in [0.2, 0.25) is 0 Å². The van der Waals surface area contributed by atoms with Crippen molar-refractivity contribution in [2.45, 2.75) is 65.5 Å². The number of ether oxygens (including phenoxy) is 1. The topological polar surface area (TPSA) is 41.6 Å². The molecule has 0 unspecified atom stereocenters. The van der Waals surface area contributed by atoms with Crippen molar-refractivity contribution in [3.05, 3.63) is 64.2 Å². The molecule has 1 aliphatic rings. The zero-order valence-electron chi connectivity index (χ0n) is 19.1. The summed E-state index contributed by atoms with van der Waals surface area (Å²) in [7, 11) is 1.71. The summed E-state index contributed by atoms with van der Waals surface area (Å²) < 4.78 is 5.55. The molecule has 4 heteroatoms. The van der Waals surface area contributed by atoms with Crippen LogP contribution in [-0.2, 0) is 6.54 Å². The van der Waals surface area contributed by atoms with E-state index < -0.39 is 0 Å². The Morgan fingerprint density at radius 2 is 1.70 bits per heavy atom. The van der Waals surface area contributed by atoms with Gasteiger partial charge in [-0.05, 0) is 92.2 Å². The van der Waals surface area contributed by atoms with Crippen molar-refractivity contribution in [2.75, 3.05) is 20.2 Å². The molecule has 2 aromatic carbocycles. The fourth-order valence-corrected chi connectivity index (χ4v) is 4.31. The highest BCUT2D eigenvalue weighted by Gasteiger charge is 2.18. The number of carbonyl (C=O) groups is 1. The molecule has 0 aromatic heterocycles. The van der Waals surface area contributed by atoms with Crippen molar-refractivity contribution in [1.82, 2.24) is 10.2 Å². The molecule has 0 bridgehead atoms. The summed E-state index contributed by atoms with van der Waals surface area (Å²) in [6.07, 6.45) is 3.93. The molecule has 1 N–H and O–H groups in total. The van der Waals surface area contributed by atoms with Crippen LogP contribution in [0.4, 0.5) is 0 Å². The number of nitrogens with one attached hydrogen (secondary N) is 1. The zero-order chi connectivity index (χ0) is 21.7. The average Bonchev–Trinajstić information content (AvgIpc) is 2.74. The minimum atomic E-state index is -0.0751. The molecular formula is C26H36N2O2. The maximum atomic E-state index is 12.8. The number of benzene rings is 2. The lowest BCUT2D eigenvalue weighted by atomic mass is 9.93. The minimum Gasteiger partial charge on any atom is -0.496 e. The first-order valence-corrected chi connectivity index (χ1v) is 11.2. The predicted molar refractivity (Wildman–Crippen MR) is 123 cm³/mol. The smallest absolute Gasteiger partial charge is 0.251 e. The average molecular weight is 409 g/mol. The number of nitrogens with zero attached hydrogens (tertiary/aromatic N) is 1. The van der Waals surface area contributed by atoms with E-state index in [2.05, 4.69) is 55.3 Å². The molecule has 162 valence electrons. The van der Waals surface area contributed by atoms with E-state index in [0.717, 1.165) is 23.4 Å². The molecule has 1 heterocycles. The van der Waals surface area contributed by atoms with Crippen molar-refractivity contribution >= 4 is 5.91 Å². The first-order chi connectivity index (χ1) is 14.4. The highest BCUT2D eigenvalue weighted by molar-refractivity contribution is 5.94. The molecule has 1 saturated heterocycles. The van der Waals surface area contributed by atoms with E-state index in [-0.39, 0.29) is 11.9 Å². The number of likely N-dealkylation sites (tertiary alicyclic amines) is 1. The summed E-state index contributed by atoms with van der Waals surface area (Å²) in [6, 6.07) is 12.2. The van der Waals surface area contributed by atoms with Crippen LogP contribution in [0, 0.1) is 6.92 Å². The Hall–Kier alpha value is -2.33. The van der Waals surface area contributed by atoms with Gasteiger partial charge in [-0.25, -0.2) is 0 Å². The van der Waals surface area contributed by atoms with E-state index in [9.17, 15) is 4.79 Å². The van der Waals surface area contributed by atoms with Crippen molar-refractivity contribution < 1.29 is 9.53 Å². The molecule has 30 heavy (non-hydrogen) atoms. The van der Waals surface area contributed by atoms with Crippen LogP contribution in [0.3, 0.4) is 0 Å². The van der Waals surface area contributed by atoms with Gasteiger partial charge in [0, 0.05) is 12.1 Å². The van der Waals surface area contributed by atoms with Gasteiger partial charge in [-0.1, -0.05) is 32.4 Å². The van der Waals surface area contributed by atoms with Crippen LogP contribution in [0.25, 0.3) is 0 Å². The highest BCUT2D eigenvalue weighted by Crippen LogP contribution is 2.32. The number of piperidine rings is 1. The van der Waals surface area contributed by atoms with Crippen molar-refractivity contribution in [1.29, 1.82) is 0 Å². The van der Waals surface area contributed by atoms with E-state index in [1.165, 1.54) is 43.5 Å². The molecule has 1 fully saturated rings. The second-order valence-corrected chi connectivity index (χ2v) is 8.83. The molecule has 2 aromatic rings. The number of aryl methyl sites for hydroxylation is 1. The molecule has 0 aliphatic carbocycles. The molecule has 1 atom stereocenters. The van der Waals surface area contributed by atoms with Crippen LogP contribution in [0.2, 0.25) is 0 Å². The van der Waals surface area contributed by atoms with Crippen molar-refractivity contribution in [3.8, 4) is 5.75 Å². The number of hydrogen-bond acceptors (Lipinski definition) is 3. The van der Waals surface area contributed by atoms with Crippen LogP contribution < -0.4 is 10.1 Å². The number of carbonyl (C=O) groups excluding carboxylic acids is 1. The quantitative estimate of drug-likeness (QED) is 0.648. The highest BCUT2D eigenvalue weighted by atomic mass is 16.5. The second-order valence-electron chi connectivity index (χ2n) is 8.83. The first-order valence-electron chi connectivity index (χ1n) is 11.2. The largest absolute Gasteiger partial charge is 0.496 e. The Morgan fingerprint density at radius 1 is 1.03 bits per heavy atom. The Labute approximate surface area is 181 Å². The summed E-state index contributed by atoms with van der Waals surface area (Å²) in [5, 5.41) is 3.17. The van der Waals surface area contributed by atoms with E-state index in [0.29, 0.717) is 11.5 Å². The summed E-state index contributed by atoms with van der Waals surface area (Å²) >= 11 is 0. The van der Waals surface area contributed by atoms with Crippen LogP contribution in [-0.4, -0.2) is 31.0 Å². The fraction of sp³-hybridized carbons (Fsp3) is 0.500. The molecular weight excluding hydrogens is 372 g/mol. The molecule has 0 saturated carbocycles. The van der Waals surface area contributed by atoms with Crippen LogP contribution >= 0.6 is 0 Å². The molecule has 0 spiro atoms. The van der Waals surface area contributed by atoms with Crippen molar-refractivity contribution in [3.63, 3.8) is 0 Å². The fourth-order valence-electron chi connectivity index (χ4n) is 4.31. The number of rotatable bonds is 7. The second kappa shape index (κ2) is 10.1. The van der Waals surface area contributed by atoms with Gasteiger partial charge in [0.05, 0.1) is 13.2 Å². The zero-order valence-corrected chi connectivity index (χ0v) is 19.1. The minimum absolute atomic E-state index is 0.0339. The van der Waals surface area contributed by atoms with Gasteiger partial charge < -0.3 is 10.1 Å². The van der Waals surface area contributed by atoms with Gasteiger partial charge >= 0.3 is 0 Å². The number of hydrogen-bond donors (Lipinski definition) is 1. The lowest BCUT2D eigenvalue weighted by Crippen LogP contribution is -2.29. The monoisotopic (exact) mass is 408 g/mol. The summed E-state index contributed by atoms with van der Waals surface area (Å²) in [4.78, 5) is 15.3. The Bertz CT molecular complexity index is 852. The SMILES string of the molecule is COc1cc(C)c([C@H](C)NC(=O)c2ccc(CN3CCCCC3)cc2)cc1C(C)C. The van der Waals surface area contributed by atoms with Gasteiger partial charge in [0.15, 0.2) is 0 Å². The summed E-state index contributed by atoms with van der Waals surface area (Å²) in [5.41, 5.74) is 5.41. The molecule has 0 radical (unpaired) electrons. The van der Waals surface area contributed by atoms with E-state index in [1.54, 1.807) is 7.11 Å². The van der Waals surface area contributed by atoms with Crippen LogP contribution in [0.15, 0.2) is 36.4 Å². The normalized spacial score (nSPS) is 15.8. The number of methoxy groups -OCH3 is 1. The van der Waals surface area contributed by atoms with Crippen LogP contribution in [0.1, 0.15) is 84.6 Å². The first kappa shape index (κ1) is 22.4. The molecule has 3 rings (SSSR count). The summed E-state index contributed by atoms with van der Waals surface area (Å²) in [5.74, 6) is 1.23. The Morgan fingerprint density at radius 3 is 2.30 bits per heavy atom. The maximum Gasteiger partial charge on any atom is 0.251 e. The van der Waals surface area contributed by atoms with Gasteiger partial charge in [0.25, 0.3) is 5.91 Å². The number of amides is 1. The third-order valence-electron chi connectivity index (χ3n) is 6.13. The maximum absolute atomic E-state index is 12.8. The third kappa shape index (κ3) is 5.42. The van der Waals surface area contributed by atoms with E-state index >= 15 is 0 Å². The molecule has 1 amide bonds. The summed E-state index contributed by atoms with van der Waals surface area (Å²) in [6.45, 7) is 11.8. The standard InChI is InChI=1S/C26H36N2O2/c1-18(2)23-16-24(19(3)15-25(23)30-5)20(4)27-26(29)22-11-9-21(10-12-22)17-28-13-7-6-8-14-28/h9-12,15-16,18,20H,6-8,13-14,17H2,1-5H3,(H,27,29)/t20-/m0/s1. The lowest BCUT2D eigenvalue weighted by molar-refractivity contribution is 0.0940.